The molecule has 1 aromatic carbocycles. The number of oxazole rings is 1. The topological polar surface area (TPSA) is 124 Å². The predicted octanol–water partition coefficient (Wildman–Crippen LogP) is 2.36. The maximum atomic E-state index is 12.0. The average molecular weight is 332 g/mol. The Hall–Kier alpha value is -2.74. The van der Waals surface area contributed by atoms with E-state index in [0.717, 1.165) is 18.4 Å². The molecule has 0 spiro atoms. The molecule has 0 aliphatic heterocycles. The number of hydrogen-bond donors (Lipinski definition) is 2. The van der Waals surface area contributed by atoms with Gasteiger partial charge in [0.2, 0.25) is 5.89 Å². The molecular formula is C16H20N4O4. The van der Waals surface area contributed by atoms with Crippen LogP contribution in [-0.2, 0) is 6.42 Å². The SMILES string of the molecule is CCCC(N)c1nc(C(=O)NCCc2ccc([N+](=O)[O-])cc2)co1. The third-order valence-corrected chi connectivity index (χ3v) is 3.52. The fourth-order valence-electron chi connectivity index (χ4n) is 2.19. The van der Waals surface area contributed by atoms with Crippen molar-refractivity contribution in [2.75, 3.05) is 6.54 Å². The lowest BCUT2D eigenvalue weighted by Crippen LogP contribution is -2.26. The molecule has 1 aromatic heterocycles. The van der Waals surface area contributed by atoms with Crippen LogP contribution in [0.1, 0.15) is 47.7 Å². The van der Waals surface area contributed by atoms with Crippen molar-refractivity contribution < 1.29 is 14.1 Å². The second-order valence-electron chi connectivity index (χ2n) is 5.40. The number of rotatable bonds is 8. The summed E-state index contributed by atoms with van der Waals surface area (Å²) in [5.41, 5.74) is 7.03. The van der Waals surface area contributed by atoms with Gasteiger partial charge in [-0.2, -0.15) is 0 Å². The van der Waals surface area contributed by atoms with Gasteiger partial charge in [0, 0.05) is 18.7 Å². The third kappa shape index (κ3) is 4.63. The molecule has 0 aliphatic carbocycles. The Labute approximate surface area is 139 Å². The van der Waals surface area contributed by atoms with Gasteiger partial charge in [0.15, 0.2) is 5.69 Å². The molecule has 128 valence electrons. The first-order valence-corrected chi connectivity index (χ1v) is 7.73. The highest BCUT2D eigenvalue weighted by atomic mass is 16.6. The number of non-ortho nitro benzene ring substituents is 1. The van der Waals surface area contributed by atoms with E-state index in [-0.39, 0.29) is 23.3 Å². The van der Waals surface area contributed by atoms with Crippen molar-refractivity contribution in [2.45, 2.75) is 32.2 Å². The number of benzene rings is 1. The maximum Gasteiger partial charge on any atom is 0.273 e. The highest BCUT2D eigenvalue weighted by Crippen LogP contribution is 2.15. The van der Waals surface area contributed by atoms with Gasteiger partial charge in [-0.1, -0.05) is 25.5 Å². The first-order valence-electron chi connectivity index (χ1n) is 7.73. The van der Waals surface area contributed by atoms with Crippen molar-refractivity contribution in [1.82, 2.24) is 10.3 Å². The minimum atomic E-state index is -0.447. The van der Waals surface area contributed by atoms with E-state index in [0.29, 0.717) is 18.9 Å². The number of aromatic nitrogens is 1. The van der Waals surface area contributed by atoms with E-state index in [4.69, 9.17) is 10.2 Å². The molecule has 1 unspecified atom stereocenters. The summed E-state index contributed by atoms with van der Waals surface area (Å²) in [6.07, 6.45) is 3.50. The lowest BCUT2D eigenvalue weighted by atomic mass is 10.1. The Bertz CT molecular complexity index is 696. The van der Waals surface area contributed by atoms with Crippen molar-refractivity contribution in [3.05, 3.63) is 57.8 Å². The normalized spacial score (nSPS) is 11.9. The summed E-state index contributed by atoms with van der Waals surface area (Å²) in [7, 11) is 0. The molecule has 0 bridgehead atoms. The molecule has 0 saturated heterocycles. The zero-order valence-electron chi connectivity index (χ0n) is 13.4. The Morgan fingerprint density at radius 1 is 1.42 bits per heavy atom. The fraction of sp³-hybridized carbons (Fsp3) is 0.375. The molecule has 0 aliphatic rings. The molecular weight excluding hydrogens is 312 g/mol. The molecule has 2 rings (SSSR count). The van der Waals surface area contributed by atoms with Crippen molar-refractivity contribution in [3.63, 3.8) is 0 Å². The van der Waals surface area contributed by atoms with Gasteiger partial charge in [0.25, 0.3) is 11.6 Å². The van der Waals surface area contributed by atoms with Crippen molar-refractivity contribution in [1.29, 1.82) is 0 Å². The Kier molecular flexibility index (Phi) is 6.02. The summed E-state index contributed by atoms with van der Waals surface area (Å²) < 4.78 is 5.24. The summed E-state index contributed by atoms with van der Waals surface area (Å²) >= 11 is 0. The summed E-state index contributed by atoms with van der Waals surface area (Å²) in [6, 6.07) is 5.91. The third-order valence-electron chi connectivity index (χ3n) is 3.52. The van der Waals surface area contributed by atoms with Crippen LogP contribution in [0, 0.1) is 10.1 Å². The van der Waals surface area contributed by atoms with Crippen LogP contribution in [0.3, 0.4) is 0 Å². The zero-order valence-corrected chi connectivity index (χ0v) is 13.4. The Balaban J connectivity index is 1.83. The highest BCUT2D eigenvalue weighted by molar-refractivity contribution is 5.91. The van der Waals surface area contributed by atoms with Gasteiger partial charge in [0.1, 0.15) is 6.26 Å². The van der Waals surface area contributed by atoms with E-state index < -0.39 is 4.92 Å². The Morgan fingerprint density at radius 2 is 2.12 bits per heavy atom. The smallest absolute Gasteiger partial charge is 0.273 e. The molecule has 8 nitrogen and oxygen atoms in total. The monoisotopic (exact) mass is 332 g/mol. The number of nitrogens with one attached hydrogen (secondary N) is 1. The van der Waals surface area contributed by atoms with Gasteiger partial charge < -0.3 is 15.5 Å². The minimum Gasteiger partial charge on any atom is -0.446 e. The van der Waals surface area contributed by atoms with Gasteiger partial charge in [-0.25, -0.2) is 4.98 Å². The van der Waals surface area contributed by atoms with Crippen LogP contribution < -0.4 is 11.1 Å². The van der Waals surface area contributed by atoms with Crippen LogP contribution in [-0.4, -0.2) is 22.4 Å². The van der Waals surface area contributed by atoms with Gasteiger partial charge in [-0.3, -0.25) is 14.9 Å². The standard InChI is InChI=1S/C16H20N4O4/c1-2-3-13(17)16-19-14(10-24-16)15(21)18-9-8-11-4-6-12(7-5-11)20(22)23/h4-7,10,13H,2-3,8-9,17H2,1H3,(H,18,21). The van der Waals surface area contributed by atoms with E-state index in [9.17, 15) is 14.9 Å². The molecule has 0 fully saturated rings. The highest BCUT2D eigenvalue weighted by Gasteiger charge is 2.16. The van der Waals surface area contributed by atoms with Crippen molar-refractivity contribution in [2.24, 2.45) is 5.73 Å². The summed E-state index contributed by atoms with van der Waals surface area (Å²) in [5, 5.41) is 13.3. The van der Waals surface area contributed by atoms with Crippen LogP contribution >= 0.6 is 0 Å². The molecule has 1 atom stereocenters. The van der Waals surface area contributed by atoms with Crippen LogP contribution in [0.4, 0.5) is 5.69 Å². The van der Waals surface area contributed by atoms with Gasteiger partial charge >= 0.3 is 0 Å². The van der Waals surface area contributed by atoms with E-state index in [2.05, 4.69) is 10.3 Å². The summed E-state index contributed by atoms with van der Waals surface area (Å²) in [5.74, 6) is 0.0213. The summed E-state index contributed by atoms with van der Waals surface area (Å²) in [4.78, 5) is 26.3. The lowest BCUT2D eigenvalue weighted by Gasteiger charge is -2.04. The van der Waals surface area contributed by atoms with Crippen LogP contribution in [0.2, 0.25) is 0 Å². The fourth-order valence-corrected chi connectivity index (χ4v) is 2.19. The molecule has 24 heavy (non-hydrogen) atoms. The number of amides is 1. The maximum absolute atomic E-state index is 12.0. The van der Waals surface area contributed by atoms with Crippen LogP contribution in [0.5, 0.6) is 0 Å². The molecule has 3 N–H and O–H groups in total. The second-order valence-corrected chi connectivity index (χ2v) is 5.40. The number of nitrogens with zero attached hydrogens (tertiary/aromatic N) is 2. The van der Waals surface area contributed by atoms with E-state index in [1.165, 1.54) is 18.4 Å². The van der Waals surface area contributed by atoms with Crippen molar-refractivity contribution >= 4 is 11.6 Å². The number of nitro groups is 1. The Morgan fingerprint density at radius 3 is 2.75 bits per heavy atom. The largest absolute Gasteiger partial charge is 0.446 e. The number of nitrogens with two attached hydrogens (primary N) is 1. The minimum absolute atomic E-state index is 0.0429. The van der Waals surface area contributed by atoms with E-state index in [1.807, 2.05) is 6.92 Å². The molecule has 1 amide bonds. The number of carbonyl (C=O) groups excluding carboxylic acids is 1. The van der Waals surface area contributed by atoms with Crippen LogP contribution in [0.15, 0.2) is 34.9 Å². The number of carbonyl (C=O) groups is 1. The molecule has 8 heteroatoms. The van der Waals surface area contributed by atoms with Gasteiger partial charge in [-0.15, -0.1) is 0 Å². The van der Waals surface area contributed by atoms with Gasteiger partial charge in [-0.05, 0) is 18.4 Å². The van der Waals surface area contributed by atoms with Gasteiger partial charge in [0.05, 0.1) is 11.0 Å². The first kappa shape index (κ1) is 17.6. The molecule has 0 radical (unpaired) electrons. The molecule has 0 saturated carbocycles. The quantitative estimate of drug-likeness (QED) is 0.565. The summed E-state index contributed by atoms with van der Waals surface area (Å²) in [6.45, 7) is 2.40. The van der Waals surface area contributed by atoms with Crippen molar-refractivity contribution in [3.8, 4) is 0 Å². The predicted molar refractivity (Wildman–Crippen MR) is 87.5 cm³/mol. The molecule has 2 aromatic rings. The second kappa shape index (κ2) is 8.21. The first-order chi connectivity index (χ1) is 11.5. The molecule has 1 heterocycles. The zero-order chi connectivity index (χ0) is 17.5. The average Bonchev–Trinajstić information content (AvgIpc) is 3.05. The number of hydrogen-bond acceptors (Lipinski definition) is 6. The van der Waals surface area contributed by atoms with E-state index >= 15 is 0 Å². The lowest BCUT2D eigenvalue weighted by molar-refractivity contribution is -0.384. The van der Waals surface area contributed by atoms with E-state index in [1.54, 1.807) is 12.1 Å². The number of nitro benzene ring substituents is 1. The van der Waals surface area contributed by atoms with Crippen LogP contribution in [0.25, 0.3) is 0 Å².